The van der Waals surface area contributed by atoms with Gasteiger partial charge in [0.15, 0.2) is 5.82 Å². The Morgan fingerprint density at radius 1 is 1.43 bits per heavy atom. The van der Waals surface area contributed by atoms with E-state index in [-0.39, 0.29) is 6.61 Å². The van der Waals surface area contributed by atoms with Crippen molar-refractivity contribution in [2.24, 2.45) is 7.05 Å². The van der Waals surface area contributed by atoms with Crippen molar-refractivity contribution in [3.63, 3.8) is 0 Å². The Hall–Kier alpha value is -1.09. The van der Waals surface area contributed by atoms with Gasteiger partial charge in [0.25, 0.3) is 0 Å². The zero-order chi connectivity index (χ0) is 16.7. The van der Waals surface area contributed by atoms with Crippen LogP contribution in [0.1, 0.15) is 16.3 Å². The third-order valence-electron chi connectivity index (χ3n) is 3.28. The van der Waals surface area contributed by atoms with E-state index in [1.54, 1.807) is 4.68 Å². The number of aryl methyl sites for hydroxylation is 1. The monoisotopic (exact) mass is 355 g/mol. The molecule has 0 spiro atoms. The number of hydrogen-bond acceptors (Lipinski definition) is 7. The minimum Gasteiger partial charge on any atom is -0.388 e. The molecule has 0 amide bonds. The molecule has 0 aromatic carbocycles. The Bertz CT molecular complexity index is 596. The van der Waals surface area contributed by atoms with Crippen LogP contribution in [0.15, 0.2) is 11.4 Å². The van der Waals surface area contributed by atoms with E-state index in [9.17, 15) is 0 Å². The van der Waals surface area contributed by atoms with Gasteiger partial charge in [0.2, 0.25) is 5.95 Å². The highest BCUT2D eigenvalue weighted by Gasteiger charge is 2.05. The number of anilines is 1. The number of nitrogens with zero attached hydrogens (tertiary/aromatic N) is 4. The van der Waals surface area contributed by atoms with Crippen molar-refractivity contribution < 1.29 is 5.11 Å². The van der Waals surface area contributed by atoms with Crippen LogP contribution in [0.4, 0.5) is 5.95 Å². The van der Waals surface area contributed by atoms with Gasteiger partial charge in [-0.15, -0.1) is 11.3 Å². The highest BCUT2D eigenvalue weighted by atomic mass is 32.2. The maximum Gasteiger partial charge on any atom is 0.221 e. The molecule has 0 aliphatic heterocycles. The molecule has 0 aliphatic rings. The van der Waals surface area contributed by atoms with Crippen LogP contribution in [0.3, 0.4) is 0 Å². The fourth-order valence-corrected chi connectivity index (χ4v) is 3.96. The number of aliphatic hydroxyl groups excluding tert-OH is 1. The SMILES string of the molecule is CN(C)CCc1csc(CSCCNc2nc(CO)nn2C)c1. The van der Waals surface area contributed by atoms with Gasteiger partial charge in [-0.1, -0.05) is 0 Å². The van der Waals surface area contributed by atoms with Crippen LogP contribution >= 0.6 is 23.1 Å². The second-order valence-corrected chi connectivity index (χ2v) is 7.69. The molecule has 0 fully saturated rings. The summed E-state index contributed by atoms with van der Waals surface area (Å²) in [5, 5.41) is 18.6. The molecule has 0 unspecified atom stereocenters. The third-order valence-corrected chi connectivity index (χ3v) is 5.45. The van der Waals surface area contributed by atoms with Crippen molar-refractivity contribution in [1.29, 1.82) is 0 Å². The summed E-state index contributed by atoms with van der Waals surface area (Å²) in [6.07, 6.45) is 1.12. The van der Waals surface area contributed by atoms with Gasteiger partial charge < -0.3 is 15.3 Å². The molecule has 0 aliphatic carbocycles. The molecule has 6 nitrogen and oxygen atoms in total. The van der Waals surface area contributed by atoms with Gasteiger partial charge >= 0.3 is 0 Å². The highest BCUT2D eigenvalue weighted by molar-refractivity contribution is 7.98. The van der Waals surface area contributed by atoms with Crippen LogP contribution in [-0.2, 0) is 25.8 Å². The van der Waals surface area contributed by atoms with Crippen LogP contribution in [0.2, 0.25) is 0 Å². The number of nitrogens with one attached hydrogen (secondary N) is 1. The molecule has 8 heteroatoms. The van der Waals surface area contributed by atoms with Crippen molar-refractivity contribution in [2.45, 2.75) is 18.8 Å². The van der Waals surface area contributed by atoms with Gasteiger partial charge in [-0.2, -0.15) is 21.8 Å². The molecule has 0 atom stereocenters. The van der Waals surface area contributed by atoms with Gasteiger partial charge in [0.05, 0.1) is 0 Å². The lowest BCUT2D eigenvalue weighted by Crippen LogP contribution is -2.14. The summed E-state index contributed by atoms with van der Waals surface area (Å²) in [6.45, 7) is 1.81. The second-order valence-electron chi connectivity index (χ2n) is 5.59. The first-order valence-electron chi connectivity index (χ1n) is 7.62. The third kappa shape index (κ3) is 6.14. The first-order valence-corrected chi connectivity index (χ1v) is 9.65. The minimum absolute atomic E-state index is 0.126. The summed E-state index contributed by atoms with van der Waals surface area (Å²) in [6, 6.07) is 2.32. The second kappa shape index (κ2) is 9.27. The smallest absolute Gasteiger partial charge is 0.221 e. The zero-order valence-corrected chi connectivity index (χ0v) is 15.6. The van der Waals surface area contributed by atoms with E-state index >= 15 is 0 Å². The summed E-state index contributed by atoms with van der Waals surface area (Å²) in [5.41, 5.74) is 1.44. The molecular weight excluding hydrogens is 330 g/mol. The Balaban J connectivity index is 1.64. The Morgan fingerprint density at radius 2 is 2.26 bits per heavy atom. The number of likely N-dealkylation sites (N-methyl/N-ethyl adjacent to an activating group) is 1. The molecule has 0 bridgehead atoms. The fourth-order valence-electron chi connectivity index (χ4n) is 2.05. The van der Waals surface area contributed by atoms with Gasteiger partial charge in [0.1, 0.15) is 6.61 Å². The molecule has 0 radical (unpaired) electrons. The van der Waals surface area contributed by atoms with E-state index in [2.05, 4.69) is 45.8 Å². The molecule has 0 saturated carbocycles. The topological polar surface area (TPSA) is 66.2 Å². The molecule has 2 heterocycles. The van der Waals surface area contributed by atoms with E-state index in [1.807, 2.05) is 30.1 Å². The van der Waals surface area contributed by atoms with Crippen molar-refractivity contribution in [3.8, 4) is 0 Å². The average Bonchev–Trinajstić information content (AvgIpc) is 3.11. The predicted octanol–water partition coefficient (Wildman–Crippen LogP) is 1.82. The lowest BCUT2D eigenvalue weighted by molar-refractivity contribution is 0.271. The van der Waals surface area contributed by atoms with Gasteiger partial charge in [-0.3, -0.25) is 0 Å². The van der Waals surface area contributed by atoms with Crippen LogP contribution in [0.25, 0.3) is 0 Å². The minimum atomic E-state index is -0.126. The van der Waals surface area contributed by atoms with Crippen molar-refractivity contribution >= 4 is 29.0 Å². The maximum absolute atomic E-state index is 9.01. The molecule has 2 N–H and O–H groups in total. The first kappa shape index (κ1) is 18.3. The van der Waals surface area contributed by atoms with Crippen LogP contribution < -0.4 is 5.32 Å². The summed E-state index contributed by atoms with van der Waals surface area (Å²) in [5.74, 6) is 3.21. The lowest BCUT2D eigenvalue weighted by Gasteiger charge is -2.07. The normalized spacial score (nSPS) is 11.3. The molecule has 2 aromatic heterocycles. The number of hydrogen-bond donors (Lipinski definition) is 2. The van der Waals surface area contributed by atoms with Gasteiger partial charge in [-0.25, -0.2) is 4.68 Å². The average molecular weight is 356 g/mol. The van der Waals surface area contributed by atoms with Crippen LogP contribution in [0, 0.1) is 0 Å². The summed E-state index contributed by atoms with van der Waals surface area (Å²) < 4.78 is 1.66. The Labute approximate surface area is 145 Å². The quantitative estimate of drug-likeness (QED) is 0.634. The summed E-state index contributed by atoms with van der Waals surface area (Å²) >= 11 is 3.76. The first-order chi connectivity index (χ1) is 11.1. The number of aliphatic hydroxyl groups is 1. The molecule has 0 saturated heterocycles. The zero-order valence-electron chi connectivity index (χ0n) is 13.9. The fraction of sp³-hybridized carbons (Fsp3) is 0.600. The maximum atomic E-state index is 9.01. The molecule has 2 aromatic rings. The number of rotatable bonds is 10. The van der Waals surface area contributed by atoms with E-state index in [0.29, 0.717) is 11.8 Å². The van der Waals surface area contributed by atoms with Crippen LogP contribution in [-0.4, -0.2) is 57.7 Å². The standard InChI is InChI=1S/C15H25N5OS2/c1-19(2)6-4-12-8-13(23-10-12)11-22-7-5-16-15-17-14(9-21)18-20(15)3/h8,10,21H,4-7,9,11H2,1-3H3,(H,16,17,18). The van der Waals surface area contributed by atoms with E-state index in [0.717, 1.165) is 31.0 Å². The largest absolute Gasteiger partial charge is 0.388 e. The Morgan fingerprint density at radius 3 is 2.96 bits per heavy atom. The van der Waals surface area contributed by atoms with Crippen molar-refractivity contribution in [2.75, 3.05) is 38.3 Å². The van der Waals surface area contributed by atoms with Crippen molar-refractivity contribution in [1.82, 2.24) is 19.7 Å². The van der Waals surface area contributed by atoms with Gasteiger partial charge in [-0.05, 0) is 37.5 Å². The highest BCUT2D eigenvalue weighted by Crippen LogP contribution is 2.21. The van der Waals surface area contributed by atoms with E-state index in [4.69, 9.17) is 5.11 Å². The number of thioether (sulfide) groups is 1. The van der Waals surface area contributed by atoms with Crippen LogP contribution in [0.5, 0.6) is 0 Å². The van der Waals surface area contributed by atoms with E-state index < -0.39 is 0 Å². The Kier molecular flexibility index (Phi) is 7.35. The molecule has 128 valence electrons. The molecule has 2 rings (SSSR count). The lowest BCUT2D eigenvalue weighted by atomic mass is 10.2. The van der Waals surface area contributed by atoms with Gasteiger partial charge in [0, 0.05) is 36.5 Å². The molecular formula is C15H25N5OS2. The number of aromatic nitrogens is 3. The summed E-state index contributed by atoms with van der Waals surface area (Å²) in [7, 11) is 6.04. The predicted molar refractivity (Wildman–Crippen MR) is 98.2 cm³/mol. The van der Waals surface area contributed by atoms with E-state index in [1.165, 1.54) is 10.4 Å². The molecule has 23 heavy (non-hydrogen) atoms. The van der Waals surface area contributed by atoms with Crippen molar-refractivity contribution in [3.05, 3.63) is 27.7 Å². The summed E-state index contributed by atoms with van der Waals surface area (Å²) in [4.78, 5) is 7.85. The number of thiophene rings is 1.